The lowest BCUT2D eigenvalue weighted by Crippen LogP contribution is -2.52. The molecule has 5 rings (SSSR count). The van der Waals surface area contributed by atoms with E-state index in [-0.39, 0.29) is 18.4 Å². The van der Waals surface area contributed by atoms with Crippen molar-refractivity contribution in [3.63, 3.8) is 0 Å². The van der Waals surface area contributed by atoms with Gasteiger partial charge < -0.3 is 15.0 Å². The second-order valence-electron chi connectivity index (χ2n) is 11.7. The van der Waals surface area contributed by atoms with Crippen molar-refractivity contribution in [2.45, 2.75) is 46.1 Å². The van der Waals surface area contributed by atoms with Gasteiger partial charge in [0.05, 0.1) is 22.1 Å². The van der Waals surface area contributed by atoms with Crippen LogP contribution in [0.4, 0.5) is 16.2 Å². The van der Waals surface area contributed by atoms with E-state index in [0.29, 0.717) is 60.4 Å². The zero-order valence-corrected chi connectivity index (χ0v) is 25.8. The van der Waals surface area contributed by atoms with E-state index < -0.39 is 11.7 Å². The molecule has 0 unspecified atom stereocenters. The molecule has 0 saturated heterocycles. The van der Waals surface area contributed by atoms with Gasteiger partial charge in [-0.3, -0.25) is 15.2 Å². The van der Waals surface area contributed by atoms with Crippen LogP contribution in [0.25, 0.3) is 22.1 Å². The summed E-state index contributed by atoms with van der Waals surface area (Å²) in [5.41, 5.74) is 6.81. The first kappa shape index (κ1) is 31.4. The van der Waals surface area contributed by atoms with E-state index in [9.17, 15) is 20.0 Å². The fraction of sp³-hybridized carbons (Fsp3) is 0.344. The lowest BCUT2D eigenvalue weighted by atomic mass is 10.1. The summed E-state index contributed by atoms with van der Waals surface area (Å²) in [6, 6.07) is 17.9. The number of carbonyl (C=O) groups is 2. The highest BCUT2D eigenvalue weighted by molar-refractivity contribution is 6.06. The molecule has 0 bridgehead atoms. The monoisotopic (exact) mass is 614 g/mol. The molecule has 0 spiro atoms. The number of hydrogen-bond acceptors (Lipinski definition) is 9. The number of nitrogens with one attached hydrogen (secondary N) is 2. The van der Waals surface area contributed by atoms with Crippen LogP contribution in [0.15, 0.2) is 65.7 Å². The van der Waals surface area contributed by atoms with Gasteiger partial charge in [0, 0.05) is 26.2 Å². The van der Waals surface area contributed by atoms with E-state index in [0.717, 1.165) is 26.8 Å². The number of hydrogen-bond donors (Lipinski definition) is 4. The second kappa shape index (κ2) is 13.3. The van der Waals surface area contributed by atoms with Crippen LogP contribution < -0.4 is 21.0 Å². The highest BCUT2D eigenvalue weighted by atomic mass is 16.6. The Balaban J connectivity index is 1.19. The first-order valence-electron chi connectivity index (χ1n) is 14.8. The molecule has 0 aliphatic carbocycles. The molecule has 0 fully saturated rings. The average molecular weight is 615 g/mol. The van der Waals surface area contributed by atoms with E-state index >= 15 is 0 Å². The molecule has 0 saturated carbocycles. The minimum absolute atomic E-state index is 0.0454. The van der Waals surface area contributed by atoms with Crippen molar-refractivity contribution >= 4 is 51.4 Å². The number of aliphatic imine (C=N–C) groups is 1. The smallest absolute Gasteiger partial charge is 0.410 e. The largest absolute Gasteiger partial charge is 0.444 e. The molecule has 13 heteroatoms. The van der Waals surface area contributed by atoms with E-state index in [1.54, 1.807) is 62.1 Å². The Morgan fingerprint density at radius 3 is 2.38 bits per heavy atom. The highest BCUT2D eigenvalue weighted by Crippen LogP contribution is 2.29. The molecule has 45 heavy (non-hydrogen) atoms. The third kappa shape index (κ3) is 7.39. The van der Waals surface area contributed by atoms with E-state index in [1.165, 1.54) is 0 Å². The van der Waals surface area contributed by atoms with Crippen molar-refractivity contribution in [3.05, 3.63) is 71.8 Å². The number of nitrogens with zero attached hydrogens (tertiary/aromatic N) is 6. The van der Waals surface area contributed by atoms with Crippen LogP contribution in [-0.2, 0) is 4.74 Å². The summed E-state index contributed by atoms with van der Waals surface area (Å²) in [6.07, 6.45) is 0.475. The van der Waals surface area contributed by atoms with E-state index in [4.69, 9.17) is 9.72 Å². The first-order chi connectivity index (χ1) is 21.5. The normalized spacial score (nSPS) is 14.0. The molecule has 13 nitrogen and oxygen atoms in total. The second-order valence-corrected chi connectivity index (χ2v) is 11.7. The topological polar surface area (TPSA) is 156 Å². The zero-order chi connectivity index (χ0) is 32.1. The van der Waals surface area contributed by atoms with E-state index in [2.05, 4.69) is 20.7 Å². The standard InChI is InChI=1S/C32H38N8O5/c1-21-11-7-13-23-27(21)36-28-22(12-8-14-24(28)35-23)29(41)33-17-9-19-38(31(42)45-32(2,3)4)20-10-18-34-30-37-40(44)26-16-6-5-15-25(26)39(30)43/h5-8,11-16,43-44H,9-10,17-20H2,1-4H3,(H,33,41)(H,34,37). The third-order valence-corrected chi connectivity index (χ3v) is 7.07. The van der Waals surface area contributed by atoms with Gasteiger partial charge in [-0.1, -0.05) is 30.3 Å². The number of guanidine groups is 1. The summed E-state index contributed by atoms with van der Waals surface area (Å²) in [6.45, 7) is 8.61. The van der Waals surface area contributed by atoms with Crippen molar-refractivity contribution in [1.29, 1.82) is 0 Å². The Kier molecular flexibility index (Phi) is 9.30. The maximum absolute atomic E-state index is 13.2. The number of aryl methyl sites for hydroxylation is 1. The molecule has 1 aliphatic heterocycles. The Morgan fingerprint density at radius 2 is 1.62 bits per heavy atom. The Bertz CT molecular complexity index is 1740. The van der Waals surface area contributed by atoms with Crippen molar-refractivity contribution in [3.8, 4) is 0 Å². The molecule has 236 valence electrons. The van der Waals surface area contributed by atoms with Gasteiger partial charge in [0.1, 0.15) is 22.5 Å². The number of para-hydroxylation sites is 4. The Labute approximate surface area is 261 Å². The predicted molar refractivity (Wildman–Crippen MR) is 172 cm³/mol. The number of carbonyl (C=O) groups excluding carboxylic acids is 2. The Morgan fingerprint density at radius 1 is 0.933 bits per heavy atom. The number of hydrazine groups is 1. The number of fused-ring (bicyclic) bond motifs is 3. The molecule has 1 aromatic heterocycles. The van der Waals surface area contributed by atoms with Gasteiger partial charge in [-0.2, -0.15) is 10.2 Å². The molecule has 1 aliphatic rings. The van der Waals surface area contributed by atoms with Gasteiger partial charge in [-0.15, -0.1) is 0 Å². The number of amides is 2. The number of rotatable bonds is 9. The van der Waals surface area contributed by atoms with Crippen LogP contribution in [0, 0.1) is 6.92 Å². The minimum atomic E-state index is -0.677. The Hall–Kier alpha value is -5.01. The minimum Gasteiger partial charge on any atom is -0.444 e. The summed E-state index contributed by atoms with van der Waals surface area (Å²) in [4.78, 5) is 41.6. The summed E-state index contributed by atoms with van der Waals surface area (Å²) >= 11 is 0. The molecule has 4 N–H and O–H groups in total. The van der Waals surface area contributed by atoms with Crippen molar-refractivity contribution in [2.75, 3.05) is 36.4 Å². The number of benzene rings is 3. The van der Waals surface area contributed by atoms with Crippen LogP contribution in [0.3, 0.4) is 0 Å². The molecule has 4 aromatic rings. The highest BCUT2D eigenvalue weighted by Gasteiger charge is 2.26. The zero-order valence-electron chi connectivity index (χ0n) is 25.8. The summed E-state index contributed by atoms with van der Waals surface area (Å²) in [5, 5.41) is 25.3. The fourth-order valence-electron chi connectivity index (χ4n) is 4.92. The maximum Gasteiger partial charge on any atom is 0.410 e. The predicted octanol–water partition coefficient (Wildman–Crippen LogP) is 4.80. The quantitative estimate of drug-likeness (QED) is 0.153. The van der Waals surface area contributed by atoms with Crippen LogP contribution in [0.2, 0.25) is 0 Å². The molecule has 2 heterocycles. The van der Waals surface area contributed by atoms with Gasteiger partial charge >= 0.3 is 6.09 Å². The summed E-state index contributed by atoms with van der Waals surface area (Å²) in [7, 11) is 0. The maximum atomic E-state index is 13.2. The lowest BCUT2D eigenvalue weighted by Gasteiger charge is -2.32. The van der Waals surface area contributed by atoms with Gasteiger partial charge in [0.25, 0.3) is 5.91 Å². The lowest BCUT2D eigenvalue weighted by molar-refractivity contribution is 0.0247. The van der Waals surface area contributed by atoms with Gasteiger partial charge in [0.2, 0.25) is 5.96 Å². The summed E-state index contributed by atoms with van der Waals surface area (Å²) < 4.78 is 5.61. The van der Waals surface area contributed by atoms with E-state index in [1.807, 2.05) is 31.2 Å². The van der Waals surface area contributed by atoms with Crippen molar-refractivity contribution in [2.24, 2.45) is 4.99 Å². The third-order valence-electron chi connectivity index (χ3n) is 7.07. The van der Waals surface area contributed by atoms with Crippen LogP contribution in [0.5, 0.6) is 0 Å². The molecule has 0 radical (unpaired) electrons. The SMILES string of the molecule is Cc1cccc2nc3cccc(C(=O)NCCCN(CCCN=C4NN(O)c5ccccc5N4O)C(=O)OC(C)(C)C)c3nc12. The van der Waals surface area contributed by atoms with Crippen molar-refractivity contribution in [1.82, 2.24) is 25.6 Å². The van der Waals surface area contributed by atoms with Crippen LogP contribution >= 0.6 is 0 Å². The van der Waals surface area contributed by atoms with Crippen molar-refractivity contribution < 1.29 is 24.7 Å². The number of hydroxylamine groups is 1. The fourth-order valence-corrected chi connectivity index (χ4v) is 4.92. The average Bonchev–Trinajstić information content (AvgIpc) is 3.00. The van der Waals surface area contributed by atoms with Gasteiger partial charge in [-0.25, -0.2) is 25.2 Å². The van der Waals surface area contributed by atoms with Gasteiger partial charge in [0.15, 0.2) is 0 Å². The van der Waals surface area contributed by atoms with Crippen LogP contribution in [0.1, 0.15) is 49.5 Å². The van der Waals surface area contributed by atoms with Gasteiger partial charge in [-0.05, 0) is 76.4 Å². The molecule has 2 amide bonds. The molecule has 3 aromatic carbocycles. The molecular formula is C32H38N8O5. The first-order valence-corrected chi connectivity index (χ1v) is 14.8. The molecular weight excluding hydrogens is 576 g/mol. The number of ether oxygens (including phenoxy) is 1. The number of aromatic nitrogens is 2. The molecule has 0 atom stereocenters. The van der Waals surface area contributed by atoms with Crippen LogP contribution in [-0.4, -0.2) is 75.0 Å². The number of anilines is 2. The summed E-state index contributed by atoms with van der Waals surface area (Å²) in [5.74, 6) is -0.223.